The largest absolute Gasteiger partial charge is 0.454 e. The Balaban J connectivity index is 1.31. The molecule has 1 aliphatic rings. The molecule has 3 aromatic heterocycles. The maximum Gasteiger partial charge on any atom is 0.224 e. The summed E-state index contributed by atoms with van der Waals surface area (Å²) >= 11 is 0. The van der Waals surface area contributed by atoms with Crippen LogP contribution >= 0.6 is 0 Å². The maximum atomic E-state index is 7.14. The fraction of sp³-hybridized carbons (Fsp3) is 0.0577. The van der Waals surface area contributed by atoms with Crippen LogP contribution in [0.25, 0.3) is 88.3 Å². The molecule has 0 unspecified atom stereocenters. The normalized spacial score (nSPS) is 13.5. The van der Waals surface area contributed by atoms with Crippen LogP contribution in [0, 0.1) is 6.92 Å². The predicted molar refractivity (Wildman–Crippen MR) is 235 cm³/mol. The van der Waals surface area contributed by atoms with Gasteiger partial charge in [-0.3, -0.25) is 4.57 Å². The Kier molecular flexibility index (Phi) is 7.33. The third-order valence-electron chi connectivity index (χ3n) is 11.4. The SMILES string of the molecule is C=C/C=C(/C(=Nc1oc2ccccc2c1C)n1c2ccccc2c2c3c(c4c5cc6ccccc6cc5oc4c21)CCC=C3)c1cccc(-c2ccccc2)c1. The molecule has 0 spiro atoms. The molecule has 0 amide bonds. The van der Waals surface area contributed by atoms with Crippen LogP contribution in [0.3, 0.4) is 0 Å². The second kappa shape index (κ2) is 12.7. The highest BCUT2D eigenvalue weighted by molar-refractivity contribution is 6.34. The summed E-state index contributed by atoms with van der Waals surface area (Å²) in [5, 5.41) is 7.99. The molecule has 266 valence electrons. The Bertz CT molecular complexity index is 3330. The number of rotatable bonds is 5. The van der Waals surface area contributed by atoms with Crippen molar-refractivity contribution in [3.63, 3.8) is 0 Å². The van der Waals surface area contributed by atoms with Gasteiger partial charge in [-0.2, -0.15) is 4.99 Å². The fourth-order valence-electron chi connectivity index (χ4n) is 8.86. The zero-order valence-corrected chi connectivity index (χ0v) is 30.9. The quantitative estimate of drug-likeness (QED) is 0.101. The Labute approximate surface area is 323 Å². The molecule has 4 nitrogen and oxygen atoms in total. The van der Waals surface area contributed by atoms with Crippen molar-refractivity contribution < 1.29 is 8.83 Å². The third kappa shape index (κ3) is 4.89. The number of nitrogens with zero attached hydrogens (tertiary/aromatic N) is 2. The Morgan fingerprint density at radius 2 is 1.45 bits per heavy atom. The number of aryl methyl sites for hydroxylation is 2. The average molecular weight is 721 g/mol. The molecule has 0 saturated carbocycles. The van der Waals surface area contributed by atoms with Gasteiger partial charge in [0.25, 0.3) is 0 Å². The minimum atomic E-state index is 0.561. The van der Waals surface area contributed by atoms with Crippen molar-refractivity contribution in [1.29, 1.82) is 0 Å². The average Bonchev–Trinajstić information content (AvgIpc) is 3.90. The molecule has 0 bridgehead atoms. The zero-order valence-electron chi connectivity index (χ0n) is 30.9. The fourth-order valence-corrected chi connectivity index (χ4v) is 8.86. The maximum absolute atomic E-state index is 7.14. The van der Waals surface area contributed by atoms with Gasteiger partial charge in [0.2, 0.25) is 5.88 Å². The smallest absolute Gasteiger partial charge is 0.224 e. The topological polar surface area (TPSA) is 43.6 Å². The number of hydrogen-bond acceptors (Lipinski definition) is 3. The monoisotopic (exact) mass is 720 g/mol. The third-order valence-corrected chi connectivity index (χ3v) is 11.4. The first-order valence-corrected chi connectivity index (χ1v) is 19.2. The van der Waals surface area contributed by atoms with E-state index in [0.717, 1.165) is 101 Å². The lowest BCUT2D eigenvalue weighted by Gasteiger charge is -2.18. The summed E-state index contributed by atoms with van der Waals surface area (Å²) in [6.45, 7) is 6.31. The van der Waals surface area contributed by atoms with E-state index in [9.17, 15) is 0 Å². The van der Waals surface area contributed by atoms with Crippen molar-refractivity contribution in [2.75, 3.05) is 0 Å². The lowest BCUT2D eigenvalue weighted by molar-refractivity contribution is 0.623. The second-order valence-electron chi connectivity index (χ2n) is 14.6. The first-order chi connectivity index (χ1) is 27.7. The second-order valence-corrected chi connectivity index (χ2v) is 14.6. The molecule has 11 rings (SSSR count). The van der Waals surface area contributed by atoms with Gasteiger partial charge >= 0.3 is 0 Å². The van der Waals surface area contributed by atoms with Gasteiger partial charge in [-0.05, 0) is 88.7 Å². The minimum Gasteiger partial charge on any atom is -0.454 e. The molecule has 0 aliphatic heterocycles. The number of aliphatic imine (C=N–C) groups is 1. The lowest BCUT2D eigenvalue weighted by Crippen LogP contribution is -2.14. The van der Waals surface area contributed by atoms with Gasteiger partial charge < -0.3 is 8.83 Å². The first-order valence-electron chi connectivity index (χ1n) is 19.2. The summed E-state index contributed by atoms with van der Waals surface area (Å²) in [5.41, 5.74) is 12.3. The van der Waals surface area contributed by atoms with Gasteiger partial charge in [0.15, 0.2) is 5.58 Å². The van der Waals surface area contributed by atoms with E-state index < -0.39 is 0 Å². The van der Waals surface area contributed by atoms with Gasteiger partial charge in [0, 0.05) is 38.1 Å². The number of fused-ring (bicyclic) bond motifs is 12. The van der Waals surface area contributed by atoms with Crippen molar-refractivity contribution in [3.05, 3.63) is 187 Å². The summed E-state index contributed by atoms with van der Waals surface area (Å²) in [6, 6.07) is 49.0. The van der Waals surface area contributed by atoms with E-state index >= 15 is 0 Å². The molecular formula is C52H36N2O2. The van der Waals surface area contributed by atoms with Crippen LogP contribution in [0.15, 0.2) is 178 Å². The Hall–Kier alpha value is -7.17. The van der Waals surface area contributed by atoms with Gasteiger partial charge in [0.05, 0.1) is 11.0 Å². The number of para-hydroxylation sites is 2. The highest BCUT2D eigenvalue weighted by Crippen LogP contribution is 2.47. The van der Waals surface area contributed by atoms with Gasteiger partial charge in [-0.1, -0.05) is 140 Å². The van der Waals surface area contributed by atoms with Crippen molar-refractivity contribution in [3.8, 4) is 11.1 Å². The van der Waals surface area contributed by atoms with Crippen molar-refractivity contribution in [2.45, 2.75) is 19.8 Å². The summed E-state index contributed by atoms with van der Waals surface area (Å²) < 4.78 is 16.0. The highest BCUT2D eigenvalue weighted by Gasteiger charge is 2.29. The molecule has 10 aromatic rings. The van der Waals surface area contributed by atoms with Crippen LogP contribution in [0.4, 0.5) is 5.88 Å². The molecule has 0 N–H and O–H groups in total. The number of benzene rings is 7. The molecule has 3 heterocycles. The van der Waals surface area contributed by atoms with E-state index in [-0.39, 0.29) is 0 Å². The van der Waals surface area contributed by atoms with Gasteiger partial charge in [-0.25, -0.2) is 0 Å². The van der Waals surface area contributed by atoms with Gasteiger partial charge in [-0.15, -0.1) is 0 Å². The van der Waals surface area contributed by atoms with Crippen LogP contribution in [0.2, 0.25) is 0 Å². The van der Waals surface area contributed by atoms with E-state index in [2.05, 4.69) is 158 Å². The standard InChI is InChI=1S/C52H36N2O2/c1-3-16-39(37-22-15-21-34(29-37)33-17-5-4-6-18-33)51(53-52-32(2)38-23-12-14-28-45(38)56-52)54-44-27-13-11-26-42(44)47-40-24-9-10-25-41(40)48-43-30-35-19-7-8-20-36(35)31-46(43)55-50(48)49(47)54/h3-9,11-24,26-31H,1,10,25H2,2H3/b39-16+,53-51?. The Morgan fingerprint density at radius 1 is 0.696 bits per heavy atom. The van der Waals surface area contributed by atoms with E-state index in [0.29, 0.717) is 5.88 Å². The molecule has 4 heteroatoms. The predicted octanol–water partition coefficient (Wildman–Crippen LogP) is 14.4. The van der Waals surface area contributed by atoms with E-state index in [1.807, 2.05) is 24.3 Å². The molecule has 7 aromatic carbocycles. The van der Waals surface area contributed by atoms with Crippen LogP contribution in [0.1, 0.15) is 28.7 Å². The van der Waals surface area contributed by atoms with Crippen molar-refractivity contribution in [1.82, 2.24) is 4.57 Å². The van der Waals surface area contributed by atoms with Crippen LogP contribution in [-0.2, 0) is 6.42 Å². The summed E-state index contributed by atoms with van der Waals surface area (Å²) in [7, 11) is 0. The molecule has 56 heavy (non-hydrogen) atoms. The number of furan rings is 2. The van der Waals surface area contributed by atoms with Crippen LogP contribution < -0.4 is 0 Å². The van der Waals surface area contributed by atoms with E-state index in [1.54, 1.807) is 0 Å². The molecule has 0 saturated heterocycles. The highest BCUT2D eigenvalue weighted by atomic mass is 16.3. The van der Waals surface area contributed by atoms with E-state index in [1.165, 1.54) is 21.9 Å². The molecule has 1 aliphatic carbocycles. The minimum absolute atomic E-state index is 0.561. The van der Waals surface area contributed by atoms with Crippen molar-refractivity contribution in [2.24, 2.45) is 4.99 Å². The summed E-state index contributed by atoms with van der Waals surface area (Å²) in [4.78, 5) is 5.59. The van der Waals surface area contributed by atoms with Crippen LogP contribution in [-0.4, -0.2) is 10.4 Å². The van der Waals surface area contributed by atoms with Gasteiger partial charge in [0.1, 0.15) is 17.0 Å². The van der Waals surface area contributed by atoms with E-state index in [4.69, 9.17) is 13.8 Å². The Morgan fingerprint density at radius 3 is 2.29 bits per heavy atom. The summed E-state index contributed by atoms with van der Waals surface area (Å²) in [6.07, 6.45) is 10.5. The number of aromatic nitrogens is 1. The van der Waals surface area contributed by atoms with Crippen LogP contribution in [0.5, 0.6) is 0 Å². The molecule has 0 radical (unpaired) electrons. The molecule has 0 fully saturated rings. The molecular weight excluding hydrogens is 685 g/mol. The molecule has 0 atom stereocenters. The zero-order chi connectivity index (χ0) is 37.3. The summed E-state index contributed by atoms with van der Waals surface area (Å²) in [5.74, 6) is 1.28. The number of hydrogen-bond donors (Lipinski definition) is 0. The lowest BCUT2D eigenvalue weighted by atomic mass is 9.89. The van der Waals surface area contributed by atoms with Crippen molar-refractivity contribution >= 4 is 88.9 Å². The first kappa shape index (κ1) is 32.3. The number of allylic oxidation sites excluding steroid dienone is 4.